The van der Waals surface area contributed by atoms with Gasteiger partial charge in [-0.25, -0.2) is 9.37 Å². The highest BCUT2D eigenvalue weighted by atomic mass is 32.2. The van der Waals surface area contributed by atoms with Gasteiger partial charge in [0.15, 0.2) is 11.6 Å². The summed E-state index contributed by atoms with van der Waals surface area (Å²) in [6.07, 6.45) is 1.82. The molecule has 8 nitrogen and oxygen atoms in total. The normalized spacial score (nSPS) is 10.8. The first-order valence-corrected chi connectivity index (χ1v) is 15.4. The van der Waals surface area contributed by atoms with E-state index in [9.17, 15) is 17.6 Å². The fourth-order valence-electron chi connectivity index (χ4n) is 3.99. The molecule has 3 aromatic carbocycles. The van der Waals surface area contributed by atoms with Gasteiger partial charge in [0.1, 0.15) is 11.4 Å². The number of hydrogen-bond acceptors (Lipinski definition) is 7. The number of carbonyl (C=O) groups excluding carboxylic acids is 1. The van der Waals surface area contributed by atoms with Gasteiger partial charge in [-0.05, 0) is 56.3 Å². The maximum absolute atomic E-state index is 14.3. The van der Waals surface area contributed by atoms with Gasteiger partial charge in [0.2, 0.25) is 11.8 Å². The number of anilines is 1. The average molecular weight is 609 g/mol. The Morgan fingerprint density at radius 2 is 1.58 bits per heavy atom. The molecule has 0 bridgehead atoms. The Kier molecular flexibility index (Phi) is 12.2. The molecule has 0 unspecified atom stereocenters. The van der Waals surface area contributed by atoms with Crippen LogP contribution in [0.1, 0.15) is 43.9 Å². The molecular weight excluding hydrogens is 571 g/mol. The van der Waals surface area contributed by atoms with Gasteiger partial charge >= 0.3 is 0 Å². The number of halogens is 1. The second-order valence-corrected chi connectivity index (χ2v) is 11.0. The van der Waals surface area contributed by atoms with E-state index in [1.54, 1.807) is 42.5 Å². The predicted molar refractivity (Wildman–Crippen MR) is 165 cm³/mol. The van der Waals surface area contributed by atoms with Crippen LogP contribution in [0.15, 0.2) is 90.0 Å². The lowest BCUT2D eigenvalue weighted by molar-refractivity contribution is -0.116. The summed E-state index contributed by atoms with van der Waals surface area (Å²) in [7, 11) is -3.86. The molecule has 4 aromatic rings. The summed E-state index contributed by atoms with van der Waals surface area (Å²) in [4.78, 5) is 18.6. The van der Waals surface area contributed by atoms with Gasteiger partial charge in [-0.1, -0.05) is 61.4 Å². The smallest absolute Gasteiger partial charge is 0.296 e. The van der Waals surface area contributed by atoms with Gasteiger partial charge in [-0.15, -0.1) is 0 Å². The van der Waals surface area contributed by atoms with Crippen molar-refractivity contribution in [2.45, 2.75) is 52.5 Å². The van der Waals surface area contributed by atoms with E-state index in [0.29, 0.717) is 23.4 Å². The van der Waals surface area contributed by atoms with E-state index in [2.05, 4.69) is 4.98 Å². The lowest BCUT2D eigenvalue weighted by Gasteiger charge is -2.24. The van der Waals surface area contributed by atoms with Crippen molar-refractivity contribution in [3.05, 3.63) is 108 Å². The number of hydrogen-bond donors (Lipinski definition) is 0. The number of ether oxygens (including phenoxy) is 2. The van der Waals surface area contributed by atoms with Gasteiger partial charge in [0, 0.05) is 25.1 Å². The predicted octanol–water partition coefficient (Wildman–Crippen LogP) is 7.38. The Hall–Kier alpha value is -4.28. The monoisotopic (exact) mass is 608 g/mol. The van der Waals surface area contributed by atoms with Crippen molar-refractivity contribution in [3.63, 3.8) is 0 Å². The van der Waals surface area contributed by atoms with Crippen LogP contribution in [0, 0.1) is 19.7 Å². The molecule has 10 heteroatoms. The summed E-state index contributed by atoms with van der Waals surface area (Å²) in [5.74, 6) is -0.234. The number of rotatable bonds is 12. The van der Waals surface area contributed by atoms with Gasteiger partial charge in [0.05, 0.1) is 24.7 Å². The van der Waals surface area contributed by atoms with Gasteiger partial charge in [-0.3, -0.25) is 8.98 Å². The van der Waals surface area contributed by atoms with Crippen LogP contribution in [0.4, 0.5) is 10.1 Å². The zero-order chi connectivity index (χ0) is 31.4. The lowest BCUT2D eigenvalue weighted by atomic mass is 10.1. The Morgan fingerprint density at radius 3 is 2.28 bits per heavy atom. The van der Waals surface area contributed by atoms with Gasteiger partial charge in [0.25, 0.3) is 10.1 Å². The third-order valence-corrected chi connectivity index (χ3v) is 7.43. The van der Waals surface area contributed by atoms with Gasteiger partial charge in [-0.2, -0.15) is 8.42 Å². The lowest BCUT2D eigenvalue weighted by Crippen LogP contribution is -2.28. The van der Waals surface area contributed by atoms with E-state index in [1.165, 1.54) is 42.3 Å². The second-order valence-electron chi connectivity index (χ2n) is 9.37. The minimum atomic E-state index is -3.86. The van der Waals surface area contributed by atoms with Crippen LogP contribution in [0.3, 0.4) is 0 Å². The minimum absolute atomic E-state index is 0.0119. The number of benzene rings is 3. The Morgan fingerprint density at radius 1 is 0.884 bits per heavy atom. The molecule has 4 rings (SSSR count). The van der Waals surface area contributed by atoms with E-state index >= 15 is 0 Å². The molecule has 0 spiro atoms. The summed E-state index contributed by atoms with van der Waals surface area (Å²) in [6.45, 7) is 9.48. The zero-order valence-electron chi connectivity index (χ0n) is 25.0. The quantitative estimate of drug-likeness (QED) is 0.122. The molecule has 43 heavy (non-hydrogen) atoms. The molecule has 0 aliphatic rings. The third-order valence-electron chi connectivity index (χ3n) is 6.10. The fourth-order valence-corrected chi connectivity index (χ4v) is 4.93. The van der Waals surface area contributed by atoms with E-state index in [4.69, 9.17) is 13.7 Å². The molecule has 0 saturated heterocycles. The van der Waals surface area contributed by atoms with E-state index in [-0.39, 0.29) is 42.2 Å². The maximum Gasteiger partial charge on any atom is 0.296 e. The number of nitrogens with zero attached hydrogens (tertiary/aromatic N) is 2. The molecule has 0 aliphatic carbocycles. The largest absolute Gasteiger partial charge is 0.493 e. The van der Waals surface area contributed by atoms with Crippen molar-refractivity contribution in [1.29, 1.82) is 0 Å². The van der Waals surface area contributed by atoms with Crippen molar-refractivity contribution in [1.82, 2.24) is 4.98 Å². The molecule has 1 amide bonds. The molecule has 0 N–H and O–H groups in total. The Balaban J connectivity index is 0.00000248. The molecule has 0 fully saturated rings. The van der Waals surface area contributed by atoms with Crippen LogP contribution in [0.25, 0.3) is 0 Å². The number of aryl methyl sites for hydroxylation is 2. The molecule has 1 aromatic heterocycles. The molecule has 0 radical (unpaired) electrons. The molecular formula is C33H37FN2O6S. The fraction of sp³-hybridized carbons (Fsp3) is 0.273. The molecule has 228 valence electrons. The zero-order valence-corrected chi connectivity index (χ0v) is 25.9. The van der Waals surface area contributed by atoms with Crippen molar-refractivity contribution >= 4 is 21.7 Å². The Labute approximate surface area is 253 Å². The summed E-state index contributed by atoms with van der Waals surface area (Å²) < 4.78 is 56.0. The van der Waals surface area contributed by atoms with Crippen LogP contribution >= 0.6 is 0 Å². The van der Waals surface area contributed by atoms with E-state index in [0.717, 1.165) is 11.1 Å². The number of amides is 1. The highest BCUT2D eigenvalue weighted by Crippen LogP contribution is 2.33. The minimum Gasteiger partial charge on any atom is -0.493 e. The first-order chi connectivity index (χ1) is 20.6. The van der Waals surface area contributed by atoms with E-state index in [1.807, 2.05) is 39.8 Å². The average Bonchev–Trinajstić information content (AvgIpc) is 2.99. The third kappa shape index (κ3) is 9.36. The highest BCUT2D eigenvalue weighted by molar-refractivity contribution is 7.86. The Bertz CT molecular complexity index is 1610. The molecule has 1 heterocycles. The second kappa shape index (κ2) is 15.8. The van der Waals surface area contributed by atoms with Crippen LogP contribution in [-0.4, -0.2) is 32.5 Å². The van der Waals surface area contributed by atoms with Crippen molar-refractivity contribution in [3.8, 4) is 17.4 Å². The number of para-hydroxylation sites is 1. The van der Waals surface area contributed by atoms with Crippen molar-refractivity contribution in [2.24, 2.45) is 0 Å². The number of aromatic nitrogens is 1. The van der Waals surface area contributed by atoms with E-state index < -0.39 is 15.9 Å². The van der Waals surface area contributed by atoms with Crippen LogP contribution in [0.5, 0.6) is 17.4 Å². The highest BCUT2D eigenvalue weighted by Gasteiger charge is 2.21. The maximum atomic E-state index is 14.3. The number of carbonyl (C=O) groups is 1. The van der Waals surface area contributed by atoms with Crippen LogP contribution in [0.2, 0.25) is 0 Å². The van der Waals surface area contributed by atoms with Crippen molar-refractivity contribution in [2.75, 3.05) is 18.1 Å². The summed E-state index contributed by atoms with van der Waals surface area (Å²) in [6, 6.07) is 21.3. The molecule has 0 aliphatic heterocycles. The first-order valence-electron chi connectivity index (χ1n) is 14.0. The first kappa shape index (κ1) is 33.2. The summed E-state index contributed by atoms with van der Waals surface area (Å²) in [5.41, 5.74) is 2.99. The van der Waals surface area contributed by atoms with Gasteiger partial charge < -0.3 is 14.4 Å². The van der Waals surface area contributed by atoms with Crippen LogP contribution in [-0.2, 0) is 25.6 Å². The standard InChI is InChI=1S/C31H31FN2O6S.C2H6/c1-22-11-14-26(15-12-22)41(36,37)39-19-7-18-38-29-16-13-23(2)20-25(29)21-34(24(3)35)28-9-6-17-33-31(28)40-30-10-5-4-8-27(30)32;1-2/h4-6,8-17,20H,7,18-19,21H2,1-3H3;1-2H3. The molecule has 0 saturated carbocycles. The summed E-state index contributed by atoms with van der Waals surface area (Å²) in [5, 5.41) is 0. The SMILES string of the molecule is CC.CC(=O)N(Cc1cc(C)ccc1OCCCOS(=O)(=O)c1ccc(C)cc1)c1cccnc1Oc1ccccc1F. The van der Waals surface area contributed by atoms with Crippen molar-refractivity contribution < 1.29 is 31.3 Å². The molecule has 0 atom stereocenters. The van der Waals surface area contributed by atoms with Crippen LogP contribution < -0.4 is 14.4 Å². The number of pyridine rings is 1. The summed E-state index contributed by atoms with van der Waals surface area (Å²) >= 11 is 0. The topological polar surface area (TPSA) is 95.0 Å².